The van der Waals surface area contributed by atoms with E-state index in [1.807, 2.05) is 36.4 Å². The molecule has 0 N–H and O–H groups in total. The molecule has 1 fully saturated rings. The minimum atomic E-state index is -0.520. The number of nitrogens with zero attached hydrogens (tertiary/aromatic N) is 2. The number of esters is 1. The van der Waals surface area contributed by atoms with Gasteiger partial charge in [-0.05, 0) is 77.8 Å². The molecule has 3 aromatic carbocycles. The van der Waals surface area contributed by atoms with Crippen LogP contribution >= 0.6 is 35.4 Å². The van der Waals surface area contributed by atoms with Crippen molar-refractivity contribution < 1.29 is 19.1 Å². The summed E-state index contributed by atoms with van der Waals surface area (Å²) in [6, 6.07) is 20.1. The fourth-order valence-corrected chi connectivity index (χ4v) is 4.48. The molecule has 0 aromatic heterocycles. The molecule has 0 unspecified atom stereocenters. The molecule has 0 radical (unpaired) electrons. The lowest BCUT2D eigenvalue weighted by atomic mass is 10.1. The average molecular weight is 555 g/mol. The van der Waals surface area contributed by atoms with E-state index < -0.39 is 5.97 Å². The molecule has 1 amide bonds. The quantitative estimate of drug-likeness (QED) is 0.185. The largest absolute Gasteiger partial charge is 0.487 e. The van der Waals surface area contributed by atoms with Crippen molar-refractivity contribution in [1.29, 1.82) is 0 Å². The van der Waals surface area contributed by atoms with Crippen molar-refractivity contribution >= 4 is 64.2 Å². The number of halogens is 2. The third-order valence-electron chi connectivity index (χ3n) is 5.82. The fraction of sp³-hybridized carbons (Fsp3) is 0.179. The van der Waals surface area contributed by atoms with Gasteiger partial charge in [0.25, 0.3) is 5.91 Å². The van der Waals surface area contributed by atoms with Gasteiger partial charge in [0.2, 0.25) is 0 Å². The van der Waals surface area contributed by atoms with Gasteiger partial charge in [-0.3, -0.25) is 14.5 Å². The Morgan fingerprint density at radius 3 is 2.30 bits per heavy atom. The first-order valence-corrected chi connectivity index (χ1v) is 12.7. The number of thiocarbonyl (C=S) groups is 1. The minimum absolute atomic E-state index is 0.194. The first-order valence-electron chi connectivity index (χ1n) is 11.5. The van der Waals surface area contributed by atoms with E-state index in [0.29, 0.717) is 33.7 Å². The van der Waals surface area contributed by atoms with Gasteiger partial charge >= 0.3 is 5.97 Å². The van der Waals surface area contributed by atoms with E-state index in [1.54, 1.807) is 36.4 Å². The third kappa shape index (κ3) is 6.13. The van der Waals surface area contributed by atoms with Crippen molar-refractivity contribution in [2.75, 3.05) is 18.6 Å². The molecule has 0 atom stereocenters. The summed E-state index contributed by atoms with van der Waals surface area (Å²) in [6.45, 7) is 2.17. The number of hydrogen-bond acceptors (Lipinski definition) is 5. The van der Waals surface area contributed by atoms with Crippen LogP contribution in [0.2, 0.25) is 10.0 Å². The zero-order valence-electron chi connectivity index (χ0n) is 20.2. The first-order chi connectivity index (χ1) is 17.8. The van der Waals surface area contributed by atoms with Crippen LogP contribution in [0.15, 0.2) is 72.4 Å². The summed E-state index contributed by atoms with van der Waals surface area (Å²) >= 11 is 18.0. The van der Waals surface area contributed by atoms with E-state index >= 15 is 0 Å². The molecule has 0 saturated carbocycles. The first kappa shape index (κ1) is 26.7. The second kappa shape index (κ2) is 11.8. The molecular formula is C28H24Cl2N2O4S. The van der Waals surface area contributed by atoms with Gasteiger partial charge in [-0.2, -0.15) is 0 Å². The summed E-state index contributed by atoms with van der Waals surface area (Å²) in [6.07, 6.45) is 2.52. The van der Waals surface area contributed by atoms with Crippen molar-refractivity contribution in [2.45, 2.75) is 20.0 Å². The van der Waals surface area contributed by atoms with Crippen LogP contribution in [-0.4, -0.2) is 35.5 Å². The second-order valence-corrected chi connectivity index (χ2v) is 9.45. The predicted octanol–water partition coefficient (Wildman–Crippen LogP) is 6.28. The van der Waals surface area contributed by atoms with E-state index in [1.165, 1.54) is 16.9 Å². The lowest BCUT2D eigenvalue weighted by molar-refractivity contribution is -0.140. The van der Waals surface area contributed by atoms with E-state index in [0.717, 1.165) is 17.5 Å². The maximum absolute atomic E-state index is 13.5. The van der Waals surface area contributed by atoms with Crippen LogP contribution < -0.4 is 9.64 Å². The smallest absolute Gasteiger partial charge is 0.325 e. The molecular weight excluding hydrogens is 531 g/mol. The normalized spacial score (nSPS) is 14.4. The van der Waals surface area contributed by atoms with E-state index in [-0.39, 0.29) is 23.3 Å². The number of carbonyl (C=O) groups is 2. The Bertz CT molecular complexity index is 1360. The number of hydrogen-bond donors (Lipinski definition) is 0. The van der Waals surface area contributed by atoms with Gasteiger partial charge in [-0.1, -0.05) is 60.5 Å². The third-order valence-corrected chi connectivity index (χ3v) is 6.77. The molecule has 4 rings (SSSR count). The van der Waals surface area contributed by atoms with Crippen molar-refractivity contribution in [3.63, 3.8) is 0 Å². The molecule has 1 aliphatic heterocycles. The van der Waals surface area contributed by atoms with E-state index in [9.17, 15) is 9.59 Å². The highest BCUT2D eigenvalue weighted by Gasteiger charge is 2.40. The van der Waals surface area contributed by atoms with Gasteiger partial charge in [-0.25, -0.2) is 0 Å². The Labute approximate surface area is 231 Å². The van der Waals surface area contributed by atoms with Crippen molar-refractivity contribution in [3.8, 4) is 5.75 Å². The molecule has 1 heterocycles. The maximum Gasteiger partial charge on any atom is 0.325 e. The molecule has 1 aliphatic rings. The summed E-state index contributed by atoms with van der Waals surface area (Å²) in [5.41, 5.74) is 3.59. The number of benzene rings is 3. The Hall–Kier alpha value is -3.39. The lowest BCUT2D eigenvalue weighted by Gasteiger charge is -2.19. The fourth-order valence-electron chi connectivity index (χ4n) is 3.76. The Balaban J connectivity index is 1.60. The topological polar surface area (TPSA) is 59.1 Å². The van der Waals surface area contributed by atoms with Crippen molar-refractivity contribution in [3.05, 3.63) is 99.2 Å². The highest BCUT2D eigenvalue weighted by Crippen LogP contribution is 2.32. The molecule has 37 heavy (non-hydrogen) atoms. The van der Waals surface area contributed by atoms with Gasteiger partial charge in [0.15, 0.2) is 5.11 Å². The van der Waals surface area contributed by atoms with Crippen molar-refractivity contribution in [1.82, 2.24) is 4.90 Å². The zero-order chi connectivity index (χ0) is 26.5. The molecule has 3 aromatic rings. The van der Waals surface area contributed by atoms with Crippen LogP contribution in [0.4, 0.5) is 5.69 Å². The Morgan fingerprint density at radius 2 is 1.68 bits per heavy atom. The minimum Gasteiger partial charge on any atom is -0.487 e. The molecule has 0 bridgehead atoms. The van der Waals surface area contributed by atoms with Crippen LogP contribution in [-0.2, 0) is 27.4 Å². The second-order valence-electron chi connectivity index (χ2n) is 8.24. The predicted molar refractivity (Wildman–Crippen MR) is 150 cm³/mol. The molecule has 0 spiro atoms. The van der Waals surface area contributed by atoms with Crippen molar-refractivity contribution in [2.24, 2.45) is 0 Å². The van der Waals surface area contributed by atoms with E-state index in [4.69, 9.17) is 44.9 Å². The Kier molecular flexibility index (Phi) is 8.48. The number of amides is 1. The monoisotopic (exact) mass is 554 g/mol. The van der Waals surface area contributed by atoms with Crippen LogP contribution in [0.5, 0.6) is 5.75 Å². The molecule has 0 aliphatic carbocycles. The summed E-state index contributed by atoms with van der Waals surface area (Å²) < 4.78 is 10.7. The number of carbonyl (C=O) groups excluding carboxylic acids is 2. The highest BCUT2D eigenvalue weighted by atomic mass is 35.5. The molecule has 6 nitrogen and oxygen atoms in total. The molecule has 190 valence electrons. The van der Waals surface area contributed by atoms with E-state index in [2.05, 4.69) is 6.92 Å². The zero-order valence-corrected chi connectivity index (χ0v) is 22.6. The summed E-state index contributed by atoms with van der Waals surface area (Å²) in [5.74, 6) is -0.373. The SMILES string of the molecule is CCc1ccc(N2C(=O)/C(=C/c3ccc(OCc4ccc(Cl)cc4)c(Cl)c3)N(CC(=O)OC)C2=S)cc1. The highest BCUT2D eigenvalue weighted by molar-refractivity contribution is 7.80. The lowest BCUT2D eigenvalue weighted by Crippen LogP contribution is -2.35. The van der Waals surface area contributed by atoms with Gasteiger partial charge < -0.3 is 14.4 Å². The standard InChI is InChI=1S/C28H24Cl2N2O4S/c1-3-18-6-11-22(12-7-18)32-27(34)24(31(28(32)37)16-26(33)35-2)15-20-8-13-25(23(30)14-20)36-17-19-4-9-21(29)10-5-19/h4-15H,3,16-17H2,1-2H3/b24-15-. The van der Waals surface area contributed by atoms with Crippen LogP contribution in [0.3, 0.4) is 0 Å². The van der Waals surface area contributed by atoms with Crippen LogP contribution in [0.25, 0.3) is 6.08 Å². The number of ether oxygens (including phenoxy) is 2. The summed E-state index contributed by atoms with van der Waals surface area (Å²) in [4.78, 5) is 28.5. The number of anilines is 1. The summed E-state index contributed by atoms with van der Waals surface area (Å²) in [7, 11) is 1.29. The van der Waals surface area contributed by atoms with Gasteiger partial charge in [0, 0.05) is 5.02 Å². The Morgan fingerprint density at radius 1 is 1.00 bits per heavy atom. The average Bonchev–Trinajstić information content (AvgIpc) is 3.13. The molecule has 9 heteroatoms. The van der Waals surface area contributed by atoms with Gasteiger partial charge in [-0.15, -0.1) is 0 Å². The van der Waals surface area contributed by atoms with Crippen LogP contribution in [0, 0.1) is 0 Å². The van der Waals surface area contributed by atoms with Gasteiger partial charge in [0.1, 0.15) is 24.6 Å². The maximum atomic E-state index is 13.5. The number of rotatable bonds is 8. The van der Waals surface area contributed by atoms with Crippen LogP contribution in [0.1, 0.15) is 23.6 Å². The van der Waals surface area contributed by atoms with Gasteiger partial charge in [0.05, 0.1) is 17.8 Å². The summed E-state index contributed by atoms with van der Waals surface area (Å²) in [5, 5.41) is 1.22. The number of methoxy groups -OCH3 is 1. The number of aryl methyl sites for hydroxylation is 1. The molecule has 1 saturated heterocycles.